The largest absolute Gasteiger partial charge is 0.352 e. The number of thioether (sulfide) groups is 1. The van der Waals surface area contributed by atoms with Gasteiger partial charge in [-0.15, -0.1) is 0 Å². The van der Waals surface area contributed by atoms with Gasteiger partial charge in [0.15, 0.2) is 5.96 Å². The third kappa shape index (κ3) is 5.94. The van der Waals surface area contributed by atoms with Crippen molar-refractivity contribution in [1.82, 2.24) is 10.2 Å². The highest BCUT2D eigenvalue weighted by Gasteiger charge is 2.28. The smallest absolute Gasteiger partial charge is 0.227 e. The average molecular weight is 377 g/mol. The Hall–Kier alpha value is -1.69. The topological polar surface area (TPSA) is 56.7 Å². The first-order valence-corrected chi connectivity index (χ1v) is 10.3. The number of carbonyl (C=O) groups excluding carboxylic acids is 1. The van der Waals surface area contributed by atoms with Crippen molar-refractivity contribution in [1.29, 1.82) is 0 Å². The van der Waals surface area contributed by atoms with Gasteiger partial charge in [0.1, 0.15) is 0 Å². The maximum Gasteiger partial charge on any atom is 0.227 e. The van der Waals surface area contributed by atoms with Crippen LogP contribution in [0.2, 0.25) is 0 Å². The maximum atomic E-state index is 12.1. The summed E-state index contributed by atoms with van der Waals surface area (Å²) in [5, 5.41) is 6.46. The molecule has 1 aliphatic rings. The van der Waals surface area contributed by atoms with Crippen molar-refractivity contribution < 1.29 is 4.79 Å². The van der Waals surface area contributed by atoms with Crippen LogP contribution in [0.4, 0.5) is 5.69 Å². The summed E-state index contributed by atoms with van der Waals surface area (Å²) in [7, 11) is 1.83. The molecular weight excluding hydrogens is 344 g/mol. The Morgan fingerprint density at radius 2 is 2.19 bits per heavy atom. The highest BCUT2D eigenvalue weighted by Crippen LogP contribution is 2.29. The van der Waals surface area contributed by atoms with Crippen LogP contribution in [0.3, 0.4) is 0 Å². The van der Waals surface area contributed by atoms with Crippen molar-refractivity contribution in [3.05, 3.63) is 29.8 Å². The van der Waals surface area contributed by atoms with Crippen molar-refractivity contribution in [2.45, 2.75) is 45.4 Å². The Morgan fingerprint density at radius 1 is 1.42 bits per heavy atom. The van der Waals surface area contributed by atoms with Crippen molar-refractivity contribution in [2.75, 3.05) is 31.2 Å². The van der Waals surface area contributed by atoms with Crippen LogP contribution >= 0.6 is 11.8 Å². The average Bonchev–Trinajstić information content (AvgIpc) is 2.61. The van der Waals surface area contributed by atoms with Crippen molar-refractivity contribution in [3.63, 3.8) is 0 Å². The van der Waals surface area contributed by atoms with Gasteiger partial charge in [0.25, 0.3) is 0 Å². The van der Waals surface area contributed by atoms with E-state index in [9.17, 15) is 4.79 Å². The quantitative estimate of drug-likeness (QED) is 0.609. The lowest BCUT2D eigenvalue weighted by Gasteiger charge is -2.39. The molecule has 1 atom stereocenters. The molecule has 1 aliphatic heterocycles. The van der Waals surface area contributed by atoms with Crippen LogP contribution in [0, 0.1) is 5.92 Å². The molecule has 0 aliphatic carbocycles. The number of nitrogens with one attached hydrogen (secondary N) is 2. The van der Waals surface area contributed by atoms with Crippen LogP contribution in [0.25, 0.3) is 0 Å². The van der Waals surface area contributed by atoms with Gasteiger partial charge in [0.05, 0.1) is 0 Å². The SMILES string of the molecule is CCC(C)C(=O)Nc1cccc(CNC(=NC)N2CCSC(C)(C)C2)c1. The normalized spacial score (nSPS) is 18.3. The zero-order chi connectivity index (χ0) is 19.2. The molecule has 0 bridgehead atoms. The molecule has 5 nitrogen and oxygen atoms in total. The number of aliphatic imine (C=N–C) groups is 1. The summed E-state index contributed by atoms with van der Waals surface area (Å²) in [5.41, 5.74) is 1.97. The Kier molecular flexibility index (Phi) is 7.38. The van der Waals surface area contributed by atoms with Gasteiger partial charge in [-0.3, -0.25) is 9.79 Å². The molecule has 26 heavy (non-hydrogen) atoms. The molecule has 1 aromatic rings. The fourth-order valence-electron chi connectivity index (χ4n) is 2.92. The number of carbonyl (C=O) groups is 1. The number of hydrogen-bond donors (Lipinski definition) is 2. The van der Waals surface area contributed by atoms with Crippen LogP contribution in [0.1, 0.15) is 39.7 Å². The predicted molar refractivity (Wildman–Crippen MR) is 113 cm³/mol. The minimum Gasteiger partial charge on any atom is -0.352 e. The maximum absolute atomic E-state index is 12.1. The van der Waals surface area contributed by atoms with Crippen LogP contribution in [-0.4, -0.2) is 47.4 Å². The summed E-state index contributed by atoms with van der Waals surface area (Å²) in [6, 6.07) is 8.00. The number of rotatable bonds is 5. The van der Waals surface area contributed by atoms with Gasteiger partial charge in [-0.05, 0) is 38.0 Å². The van der Waals surface area contributed by atoms with E-state index in [1.165, 1.54) is 0 Å². The first-order valence-electron chi connectivity index (χ1n) is 9.34. The third-order valence-electron chi connectivity index (χ3n) is 4.64. The van der Waals surface area contributed by atoms with Gasteiger partial charge < -0.3 is 15.5 Å². The van der Waals surface area contributed by atoms with E-state index in [4.69, 9.17) is 0 Å². The van der Waals surface area contributed by atoms with E-state index < -0.39 is 0 Å². The number of benzene rings is 1. The molecule has 1 heterocycles. The molecule has 2 N–H and O–H groups in total. The van der Waals surface area contributed by atoms with E-state index in [2.05, 4.69) is 40.4 Å². The fraction of sp³-hybridized carbons (Fsp3) is 0.600. The molecule has 6 heteroatoms. The molecule has 0 spiro atoms. The van der Waals surface area contributed by atoms with Crippen LogP contribution in [-0.2, 0) is 11.3 Å². The summed E-state index contributed by atoms with van der Waals surface area (Å²) < 4.78 is 0.246. The van der Waals surface area contributed by atoms with E-state index in [-0.39, 0.29) is 16.6 Å². The summed E-state index contributed by atoms with van der Waals surface area (Å²) in [6.45, 7) is 11.2. The summed E-state index contributed by atoms with van der Waals surface area (Å²) in [6.07, 6.45) is 0.841. The third-order valence-corrected chi connectivity index (χ3v) is 5.94. The lowest BCUT2D eigenvalue weighted by molar-refractivity contribution is -0.119. The van der Waals surface area contributed by atoms with Gasteiger partial charge in [-0.25, -0.2) is 0 Å². The molecular formula is C20H32N4OS. The standard InChI is InChI=1S/C20H32N4OS/c1-6-15(2)18(25)23-17-9-7-8-16(12-17)13-22-19(21-5)24-10-11-26-20(3,4)14-24/h7-9,12,15H,6,10-11,13-14H2,1-5H3,(H,21,22)(H,23,25). The Labute approximate surface area is 162 Å². The predicted octanol–water partition coefficient (Wildman–Crippen LogP) is 3.57. The van der Waals surface area contributed by atoms with Gasteiger partial charge in [-0.1, -0.05) is 26.0 Å². The number of nitrogens with zero attached hydrogens (tertiary/aromatic N) is 2. The zero-order valence-corrected chi connectivity index (χ0v) is 17.4. The molecule has 1 amide bonds. The molecule has 1 fully saturated rings. The lowest BCUT2D eigenvalue weighted by Crippen LogP contribution is -2.50. The highest BCUT2D eigenvalue weighted by molar-refractivity contribution is 8.00. The van der Waals surface area contributed by atoms with E-state index in [1.54, 1.807) is 0 Å². The zero-order valence-electron chi connectivity index (χ0n) is 16.6. The van der Waals surface area contributed by atoms with Crippen LogP contribution in [0.5, 0.6) is 0 Å². The van der Waals surface area contributed by atoms with Gasteiger partial charge in [0.2, 0.25) is 5.91 Å². The molecule has 0 aromatic heterocycles. The van der Waals surface area contributed by atoms with Crippen molar-refractivity contribution in [2.24, 2.45) is 10.9 Å². The van der Waals surface area contributed by atoms with Crippen LogP contribution < -0.4 is 10.6 Å². The van der Waals surface area contributed by atoms with Gasteiger partial charge in [0, 0.05) is 48.8 Å². The molecule has 0 saturated carbocycles. The summed E-state index contributed by atoms with van der Waals surface area (Å²) in [4.78, 5) is 18.9. The van der Waals surface area contributed by atoms with Gasteiger partial charge >= 0.3 is 0 Å². The second-order valence-electron chi connectivity index (χ2n) is 7.43. The molecule has 1 unspecified atom stereocenters. The molecule has 144 valence electrons. The van der Waals surface area contributed by atoms with E-state index >= 15 is 0 Å². The number of anilines is 1. The number of amides is 1. The summed E-state index contributed by atoms with van der Waals surface area (Å²) in [5.74, 6) is 2.15. The minimum atomic E-state index is 0.0240. The first kappa shape index (κ1) is 20.6. The number of hydrogen-bond acceptors (Lipinski definition) is 3. The second kappa shape index (κ2) is 9.31. The highest BCUT2D eigenvalue weighted by atomic mass is 32.2. The monoisotopic (exact) mass is 376 g/mol. The van der Waals surface area contributed by atoms with E-state index in [0.717, 1.165) is 42.5 Å². The Bertz CT molecular complexity index is 644. The molecule has 1 aromatic carbocycles. The minimum absolute atomic E-state index is 0.0240. The van der Waals surface area contributed by atoms with Crippen LogP contribution in [0.15, 0.2) is 29.3 Å². The van der Waals surface area contributed by atoms with Gasteiger partial charge in [-0.2, -0.15) is 11.8 Å². The molecule has 2 rings (SSSR count). The Morgan fingerprint density at radius 3 is 2.85 bits per heavy atom. The molecule has 0 radical (unpaired) electrons. The van der Waals surface area contributed by atoms with Crippen molar-refractivity contribution >= 4 is 29.3 Å². The van der Waals surface area contributed by atoms with E-state index in [1.807, 2.05) is 50.9 Å². The lowest BCUT2D eigenvalue weighted by atomic mass is 10.1. The number of guanidine groups is 1. The van der Waals surface area contributed by atoms with E-state index in [0.29, 0.717) is 6.54 Å². The fourth-order valence-corrected chi connectivity index (χ4v) is 4.03. The second-order valence-corrected chi connectivity index (χ2v) is 9.23. The summed E-state index contributed by atoms with van der Waals surface area (Å²) >= 11 is 2.01. The molecule has 1 saturated heterocycles. The Balaban J connectivity index is 1.96. The first-order chi connectivity index (χ1) is 12.3. The van der Waals surface area contributed by atoms with Crippen molar-refractivity contribution in [3.8, 4) is 0 Å².